The molecule has 0 bridgehead atoms. The van der Waals surface area contributed by atoms with Crippen LogP contribution in [0.1, 0.15) is 192 Å². The molecule has 1 aliphatic carbocycles. The van der Waals surface area contributed by atoms with E-state index < -0.39 is 91.9 Å². The highest BCUT2D eigenvalue weighted by Crippen LogP contribution is 2.48. The quantitative estimate of drug-likeness (QED) is 0.00556. The van der Waals surface area contributed by atoms with Crippen molar-refractivity contribution in [1.82, 2.24) is 36.9 Å². The Morgan fingerprint density at radius 3 is 1.82 bits per heavy atom. The van der Waals surface area contributed by atoms with Gasteiger partial charge in [-0.3, -0.25) is 38.5 Å². The van der Waals surface area contributed by atoms with Crippen molar-refractivity contribution in [3.63, 3.8) is 0 Å². The number of likely N-dealkylation sites (N-methyl/N-ethyl adjacent to an activating group) is 1. The minimum absolute atomic E-state index is 0.0290. The summed E-state index contributed by atoms with van der Waals surface area (Å²) in [7, 11) is -6.98. The predicted octanol–water partition coefficient (Wildman–Crippen LogP) is 12.6. The summed E-state index contributed by atoms with van der Waals surface area (Å²) < 4.78 is 71.1. The van der Waals surface area contributed by atoms with Gasteiger partial charge in [0.1, 0.15) is 30.4 Å². The number of carbonyl (C=O) groups is 8. The fourth-order valence-corrected chi connectivity index (χ4v) is 16.2. The van der Waals surface area contributed by atoms with E-state index in [9.17, 15) is 84.7 Å². The summed E-state index contributed by atoms with van der Waals surface area (Å²) >= 11 is 0. The Morgan fingerprint density at radius 1 is 0.605 bits per heavy atom. The van der Waals surface area contributed by atoms with E-state index in [1.807, 2.05) is 76.0 Å². The first kappa shape index (κ1) is 91.3. The molecular weight excluding hydrogens is 1570 g/mol. The summed E-state index contributed by atoms with van der Waals surface area (Å²) in [6.07, 6.45) is 18.7. The van der Waals surface area contributed by atoms with Crippen LogP contribution >= 0.6 is 0 Å². The molecule has 3 atom stereocenters. The maximum atomic E-state index is 14.1. The molecule has 32 heteroatoms. The number of carbonyl (C=O) groups excluding carboxylic acids is 5. The van der Waals surface area contributed by atoms with E-state index in [1.165, 1.54) is 31.2 Å². The molecule has 1 aromatic heterocycles. The van der Waals surface area contributed by atoms with Crippen molar-refractivity contribution < 1.29 is 94.4 Å². The largest absolute Gasteiger partial charge is 0.507 e. The number of aliphatic hydroxyl groups excluding tert-OH is 1. The van der Waals surface area contributed by atoms with Crippen molar-refractivity contribution in [2.45, 2.75) is 215 Å². The zero-order valence-electron chi connectivity index (χ0n) is 67.8. The number of unbranched alkanes of at least 4 members (excludes halogenated alkanes) is 7. The van der Waals surface area contributed by atoms with E-state index in [0.717, 1.165) is 91.9 Å². The number of carboxylic acids is 3. The summed E-state index contributed by atoms with van der Waals surface area (Å²) in [5, 5.41) is 73.4. The van der Waals surface area contributed by atoms with Crippen molar-refractivity contribution in [3.05, 3.63) is 173 Å². The fraction of sp³-hybridized carbons (Fsp3) is 0.414. The van der Waals surface area contributed by atoms with E-state index in [-0.39, 0.29) is 96.6 Å². The number of nitrogens with zero attached hydrogens (tertiary/aromatic N) is 3. The molecule has 0 spiro atoms. The first-order chi connectivity index (χ1) is 56.4. The van der Waals surface area contributed by atoms with Crippen LogP contribution in [0.15, 0.2) is 165 Å². The molecule has 15 N–H and O–H groups in total. The molecule has 3 heterocycles. The monoisotopic (exact) mass is 1670 g/mol. The second-order valence-corrected chi connectivity index (χ2v) is 34.2. The van der Waals surface area contributed by atoms with Gasteiger partial charge in [-0.1, -0.05) is 75.2 Å². The molecule has 636 valence electrons. The second-order valence-electron chi connectivity index (χ2n) is 31.4. The number of amidine groups is 1. The van der Waals surface area contributed by atoms with Gasteiger partial charge in [-0.15, -0.1) is 0 Å². The highest BCUT2D eigenvalue weighted by Gasteiger charge is 2.45. The summed E-state index contributed by atoms with van der Waals surface area (Å²) in [4.78, 5) is 109. The van der Waals surface area contributed by atoms with Crippen LogP contribution in [0.2, 0.25) is 0 Å². The number of aromatic nitrogens is 1. The van der Waals surface area contributed by atoms with Crippen LogP contribution in [0.5, 0.6) is 5.75 Å². The Morgan fingerprint density at radius 2 is 1.20 bits per heavy atom. The number of aliphatic imine (C=N–C) groups is 1. The van der Waals surface area contributed by atoms with Crippen LogP contribution < -0.4 is 36.8 Å². The Labute approximate surface area is 692 Å². The number of anilines is 1. The number of aromatic amines is 1. The number of phenolic OH excluding ortho intramolecular Hbond substituents is 1. The zero-order valence-corrected chi connectivity index (χ0v) is 69.4. The second kappa shape index (κ2) is 41.2. The predicted molar refractivity (Wildman–Crippen MR) is 452 cm³/mol. The smallest absolute Gasteiger partial charge is 0.326 e. The van der Waals surface area contributed by atoms with Gasteiger partial charge in [0.15, 0.2) is 17.4 Å². The van der Waals surface area contributed by atoms with Gasteiger partial charge in [0.2, 0.25) is 29.3 Å². The SMILES string of the molecule is CC(O)=NC(=N)c1ccc2[nH]c(-c3cc(-c4ccc(CNC(=O)[C@H](CCCCNC(=O)CCCCC[N+]5=C(/C=C/C6=CC(=C/C=C7/N(C)c8ccc(S(=O)(=O)O)cc8C7(C)C)/CCC6)C(C)(C)c6cc(S(=O)(=O)O)ccc65)NC(=O)CCCCCCC(=O)NCCCCC(NC(=O)N[C@@H](CCC(=O)O)C(=O)O)C(=O)O)cc4)ccc3O)cc2c1. The van der Waals surface area contributed by atoms with E-state index in [4.69, 9.17) is 10.5 Å². The fourth-order valence-electron chi connectivity index (χ4n) is 15.2. The van der Waals surface area contributed by atoms with Gasteiger partial charge in [-0.25, -0.2) is 14.4 Å². The Kier molecular flexibility index (Phi) is 31.6. The van der Waals surface area contributed by atoms with Crippen LogP contribution in [0.25, 0.3) is 33.3 Å². The lowest BCUT2D eigenvalue weighted by Gasteiger charge is -2.24. The number of benzene rings is 5. The van der Waals surface area contributed by atoms with E-state index in [1.54, 1.807) is 42.5 Å². The molecule has 0 fully saturated rings. The summed E-state index contributed by atoms with van der Waals surface area (Å²) in [5.74, 6) is -5.50. The van der Waals surface area contributed by atoms with Crippen molar-refractivity contribution in [3.8, 4) is 28.1 Å². The third-order valence-electron chi connectivity index (χ3n) is 21.7. The van der Waals surface area contributed by atoms with Crippen molar-refractivity contribution in [2.24, 2.45) is 4.99 Å². The number of aliphatic hydroxyl groups is 1. The Balaban J connectivity index is 0.764. The number of carboxylic acid groups (broad SMARTS) is 3. The molecule has 1 unspecified atom stereocenters. The molecular formula is C87H108N11O19S2+. The van der Waals surface area contributed by atoms with E-state index in [0.29, 0.717) is 94.1 Å². The Hall–Kier alpha value is -11.6. The summed E-state index contributed by atoms with van der Waals surface area (Å²) in [5.41, 5.74) is 10.9. The van der Waals surface area contributed by atoms with E-state index in [2.05, 4.69) is 76.8 Å². The standard InChI is InChI=1S/C87H107N11O19S2/c1-54(99)92-81(88)60-32-36-67-61(48-60)50-71(93-67)64-49-59(33-40-74(64)100)58-30-26-57(27-31-58)53-91-82(106)68(94-79(103)25-11-8-7-10-23-77(101)90-45-16-14-22-69(83(107)108)95-85(111)96-70(84(109)110)37-43-80(104)105)21-13-15-44-89-78(102)24-12-9-17-46-98-73-39-35-63(119(115,116)117)52-66(73)87(4,5)76(98)42-29-56-20-18-19-55(47-56)28-41-75-86(2,3)65-51-62(118(112,113)114)34-38-72(65)97(75)6/h26-36,38-42,47-52,68-70H,7-25,37,43-46,53H2,1-6H3,(H14-,88,89,90,91,92,93,94,95,96,99,100,101,102,103,104,105,106,107,108,109,110,111,112,113,114,115,116,117)/p+1/t68-,69?,70-/m0/s1. The lowest BCUT2D eigenvalue weighted by molar-refractivity contribution is -0.438. The van der Waals surface area contributed by atoms with Gasteiger partial charge in [-0.2, -0.15) is 26.4 Å². The third-order valence-corrected chi connectivity index (χ3v) is 23.4. The van der Waals surface area contributed by atoms with Gasteiger partial charge >= 0.3 is 23.9 Å². The number of amides is 6. The molecule has 0 saturated heterocycles. The number of hydrogen-bond acceptors (Lipinski definition) is 15. The maximum Gasteiger partial charge on any atom is 0.326 e. The number of H-pyrrole nitrogens is 1. The number of nitrogens with one attached hydrogen (secondary N) is 8. The van der Waals surface area contributed by atoms with Crippen LogP contribution in [0, 0.1) is 5.41 Å². The number of urea groups is 1. The van der Waals surface area contributed by atoms with Gasteiger partial charge < -0.3 is 67.3 Å². The zero-order chi connectivity index (χ0) is 86.5. The molecule has 9 rings (SSSR count). The molecule has 2 aliphatic heterocycles. The van der Waals surface area contributed by atoms with Gasteiger partial charge in [0.25, 0.3) is 20.2 Å². The molecule has 0 radical (unpaired) electrons. The number of hydrogen-bond donors (Lipinski definition) is 15. The molecule has 30 nitrogen and oxygen atoms in total. The normalized spacial score (nSPS) is 15.9. The minimum atomic E-state index is -4.51. The van der Waals surface area contributed by atoms with Crippen molar-refractivity contribution in [2.75, 3.05) is 31.6 Å². The van der Waals surface area contributed by atoms with Gasteiger partial charge in [-0.05, 0) is 210 Å². The highest BCUT2D eigenvalue weighted by molar-refractivity contribution is 7.86. The third kappa shape index (κ3) is 25.5. The topological polar surface area (TPSA) is 477 Å². The van der Waals surface area contributed by atoms with Crippen molar-refractivity contribution >= 4 is 108 Å². The van der Waals surface area contributed by atoms with Crippen LogP contribution in [-0.2, 0) is 71.2 Å². The number of allylic oxidation sites excluding steroid dienone is 8. The van der Waals surface area contributed by atoms with Crippen LogP contribution in [0.4, 0.5) is 16.2 Å². The maximum absolute atomic E-state index is 14.1. The van der Waals surface area contributed by atoms with E-state index >= 15 is 0 Å². The minimum Gasteiger partial charge on any atom is -0.507 e. The van der Waals surface area contributed by atoms with Crippen molar-refractivity contribution in [1.29, 1.82) is 5.41 Å². The van der Waals surface area contributed by atoms with Gasteiger partial charge in [0.05, 0.1) is 20.9 Å². The lowest BCUT2D eigenvalue weighted by Crippen LogP contribution is -2.51. The average molecular weight is 1680 g/mol. The average Bonchev–Trinajstić information content (AvgIpc) is 1.59. The van der Waals surface area contributed by atoms with Crippen LogP contribution in [-0.4, -0.2) is 171 Å². The first-order valence-corrected chi connectivity index (χ1v) is 42.9. The summed E-state index contributed by atoms with van der Waals surface area (Å²) in [6, 6.07) is 24.3. The number of phenols is 1. The first-order valence-electron chi connectivity index (χ1n) is 40.0. The number of rotatable bonds is 42. The molecule has 6 amide bonds. The number of fused-ring (bicyclic) bond motifs is 3. The number of aromatic hydroxyl groups is 1. The van der Waals surface area contributed by atoms with Crippen LogP contribution in [0.3, 0.4) is 0 Å². The number of aliphatic carboxylic acids is 3. The lowest BCUT2D eigenvalue weighted by atomic mass is 9.81. The molecule has 6 aromatic rings. The van der Waals surface area contributed by atoms with Gasteiger partial charge in [0, 0.05) is 122 Å². The molecule has 0 saturated carbocycles. The highest BCUT2D eigenvalue weighted by atomic mass is 32.2. The summed E-state index contributed by atoms with van der Waals surface area (Å²) in [6.45, 7) is 10.7. The molecule has 5 aromatic carbocycles. The molecule has 119 heavy (non-hydrogen) atoms. The molecule has 3 aliphatic rings. The Bertz CT molecular complexity index is 5250.